The molecule has 0 spiro atoms. The van der Waals surface area contributed by atoms with Crippen LogP contribution in [0.5, 0.6) is 11.5 Å². The summed E-state index contributed by atoms with van der Waals surface area (Å²) >= 11 is 0. The molecule has 0 radical (unpaired) electrons. The van der Waals surface area contributed by atoms with Gasteiger partial charge in [0.25, 0.3) is 0 Å². The number of rotatable bonds is 7. The quantitative estimate of drug-likeness (QED) is 0.840. The van der Waals surface area contributed by atoms with Gasteiger partial charge < -0.3 is 19.9 Å². The minimum Gasteiger partial charge on any atom is -0.490 e. The molecule has 4 nitrogen and oxygen atoms in total. The fraction of sp³-hybridized carbons (Fsp3) is 0.647. The van der Waals surface area contributed by atoms with Gasteiger partial charge in [-0.1, -0.05) is 6.07 Å². The highest BCUT2D eigenvalue weighted by atomic mass is 16.5. The largest absolute Gasteiger partial charge is 0.490 e. The van der Waals surface area contributed by atoms with Crippen molar-refractivity contribution in [2.24, 2.45) is 11.7 Å². The Morgan fingerprint density at radius 2 is 2.00 bits per heavy atom. The molecule has 2 rings (SSSR count). The minimum atomic E-state index is 0.147. The van der Waals surface area contributed by atoms with Gasteiger partial charge in [0.15, 0.2) is 11.5 Å². The highest BCUT2D eigenvalue weighted by Gasteiger charge is 2.16. The number of hydrogen-bond acceptors (Lipinski definition) is 4. The first-order valence-electron chi connectivity index (χ1n) is 7.91. The summed E-state index contributed by atoms with van der Waals surface area (Å²) in [6.07, 6.45) is 3.00. The van der Waals surface area contributed by atoms with Crippen LogP contribution in [0.15, 0.2) is 18.2 Å². The summed E-state index contributed by atoms with van der Waals surface area (Å²) < 4.78 is 17.1. The van der Waals surface area contributed by atoms with Crippen LogP contribution in [-0.4, -0.2) is 32.5 Å². The predicted octanol–water partition coefficient (Wildman–Crippen LogP) is 2.78. The molecule has 1 aliphatic heterocycles. The zero-order valence-electron chi connectivity index (χ0n) is 13.1. The summed E-state index contributed by atoms with van der Waals surface area (Å²) in [5, 5.41) is 0. The lowest BCUT2D eigenvalue weighted by molar-refractivity contribution is 0.0492. The summed E-state index contributed by atoms with van der Waals surface area (Å²) in [5.74, 6) is 2.23. The maximum atomic E-state index is 5.98. The van der Waals surface area contributed by atoms with Crippen LogP contribution in [0.4, 0.5) is 0 Å². The van der Waals surface area contributed by atoms with Crippen molar-refractivity contribution < 1.29 is 14.2 Å². The summed E-state index contributed by atoms with van der Waals surface area (Å²) in [6, 6.07) is 6.27. The van der Waals surface area contributed by atoms with Crippen LogP contribution in [0.25, 0.3) is 0 Å². The molecule has 1 aromatic rings. The van der Waals surface area contributed by atoms with E-state index in [0.717, 1.165) is 50.6 Å². The van der Waals surface area contributed by atoms with Crippen molar-refractivity contribution in [2.75, 3.05) is 26.4 Å². The van der Waals surface area contributed by atoms with Gasteiger partial charge in [0, 0.05) is 19.3 Å². The van der Waals surface area contributed by atoms with Gasteiger partial charge in [0.1, 0.15) is 0 Å². The zero-order chi connectivity index (χ0) is 15.1. The van der Waals surface area contributed by atoms with Crippen molar-refractivity contribution >= 4 is 0 Å². The van der Waals surface area contributed by atoms with E-state index >= 15 is 0 Å². The van der Waals surface area contributed by atoms with E-state index in [-0.39, 0.29) is 6.04 Å². The van der Waals surface area contributed by atoms with E-state index in [1.807, 2.05) is 26.0 Å². The van der Waals surface area contributed by atoms with Gasteiger partial charge in [-0.3, -0.25) is 0 Å². The van der Waals surface area contributed by atoms with Crippen molar-refractivity contribution in [3.05, 3.63) is 23.8 Å². The van der Waals surface area contributed by atoms with E-state index in [4.69, 9.17) is 19.9 Å². The molecule has 1 saturated heterocycles. The fourth-order valence-electron chi connectivity index (χ4n) is 2.56. The van der Waals surface area contributed by atoms with E-state index in [0.29, 0.717) is 12.5 Å². The second-order valence-electron chi connectivity index (χ2n) is 5.76. The molecular weight excluding hydrogens is 266 g/mol. The van der Waals surface area contributed by atoms with E-state index < -0.39 is 0 Å². The summed E-state index contributed by atoms with van der Waals surface area (Å²) in [4.78, 5) is 0. The average Bonchev–Trinajstić information content (AvgIpc) is 2.47. The van der Waals surface area contributed by atoms with Crippen LogP contribution >= 0.6 is 0 Å². The fourth-order valence-corrected chi connectivity index (χ4v) is 2.56. The normalized spacial score (nSPS) is 17.5. The molecule has 0 saturated carbocycles. The second kappa shape index (κ2) is 8.25. The molecule has 0 bridgehead atoms. The third kappa shape index (κ3) is 5.21. The smallest absolute Gasteiger partial charge is 0.161 e. The standard InChI is InChI=1S/C17H27NO3/c1-3-20-17-11-15(10-13(2)18)4-5-16(17)21-12-14-6-8-19-9-7-14/h4-5,11,13-14H,3,6-10,12,18H2,1-2H3. The molecule has 1 unspecified atom stereocenters. The molecule has 118 valence electrons. The summed E-state index contributed by atoms with van der Waals surface area (Å²) in [6.45, 7) is 7.06. The number of nitrogens with two attached hydrogens (primary N) is 1. The molecule has 0 amide bonds. The first-order chi connectivity index (χ1) is 10.2. The molecule has 1 aromatic carbocycles. The van der Waals surface area contributed by atoms with Crippen LogP contribution < -0.4 is 15.2 Å². The van der Waals surface area contributed by atoms with Crippen molar-refractivity contribution in [1.29, 1.82) is 0 Å². The molecular formula is C17H27NO3. The van der Waals surface area contributed by atoms with Crippen molar-refractivity contribution in [1.82, 2.24) is 0 Å². The Morgan fingerprint density at radius 3 is 2.67 bits per heavy atom. The van der Waals surface area contributed by atoms with Crippen LogP contribution in [0.2, 0.25) is 0 Å². The van der Waals surface area contributed by atoms with E-state index in [1.165, 1.54) is 5.56 Å². The maximum Gasteiger partial charge on any atom is 0.161 e. The van der Waals surface area contributed by atoms with E-state index in [2.05, 4.69) is 6.07 Å². The van der Waals surface area contributed by atoms with Crippen LogP contribution in [0, 0.1) is 5.92 Å². The van der Waals surface area contributed by atoms with Gasteiger partial charge in [0.05, 0.1) is 13.2 Å². The number of ether oxygens (including phenoxy) is 3. The molecule has 0 aromatic heterocycles. The van der Waals surface area contributed by atoms with Gasteiger partial charge in [-0.15, -0.1) is 0 Å². The molecule has 4 heteroatoms. The monoisotopic (exact) mass is 293 g/mol. The Morgan fingerprint density at radius 1 is 1.24 bits per heavy atom. The molecule has 1 atom stereocenters. The average molecular weight is 293 g/mol. The lowest BCUT2D eigenvalue weighted by Gasteiger charge is -2.23. The highest BCUT2D eigenvalue weighted by molar-refractivity contribution is 5.43. The Balaban J connectivity index is 1.99. The van der Waals surface area contributed by atoms with Crippen molar-refractivity contribution in [3.8, 4) is 11.5 Å². The molecule has 0 aliphatic carbocycles. The van der Waals surface area contributed by atoms with Crippen LogP contribution in [0.3, 0.4) is 0 Å². The Hall–Kier alpha value is -1.26. The minimum absolute atomic E-state index is 0.147. The lowest BCUT2D eigenvalue weighted by atomic mass is 10.0. The predicted molar refractivity (Wildman–Crippen MR) is 84.0 cm³/mol. The van der Waals surface area contributed by atoms with Crippen molar-refractivity contribution in [2.45, 2.75) is 39.2 Å². The molecule has 2 N–H and O–H groups in total. The molecule has 1 heterocycles. The van der Waals surface area contributed by atoms with Gasteiger partial charge >= 0.3 is 0 Å². The van der Waals surface area contributed by atoms with E-state index in [1.54, 1.807) is 0 Å². The number of benzene rings is 1. The van der Waals surface area contributed by atoms with Crippen molar-refractivity contribution in [3.63, 3.8) is 0 Å². The number of hydrogen-bond donors (Lipinski definition) is 1. The Labute approximate surface area is 127 Å². The van der Waals surface area contributed by atoms with Crippen LogP contribution in [-0.2, 0) is 11.2 Å². The third-order valence-electron chi connectivity index (χ3n) is 3.68. The topological polar surface area (TPSA) is 53.7 Å². The SMILES string of the molecule is CCOc1cc(CC(C)N)ccc1OCC1CCOCC1. The lowest BCUT2D eigenvalue weighted by Crippen LogP contribution is -2.21. The summed E-state index contributed by atoms with van der Waals surface area (Å²) in [5.41, 5.74) is 7.05. The van der Waals surface area contributed by atoms with Gasteiger partial charge in [0.2, 0.25) is 0 Å². The van der Waals surface area contributed by atoms with Crippen LogP contribution in [0.1, 0.15) is 32.3 Å². The second-order valence-corrected chi connectivity index (χ2v) is 5.76. The van der Waals surface area contributed by atoms with Gasteiger partial charge in [-0.05, 0) is 56.7 Å². The Kier molecular flexibility index (Phi) is 6.33. The first-order valence-corrected chi connectivity index (χ1v) is 7.91. The Bertz CT molecular complexity index is 428. The van der Waals surface area contributed by atoms with E-state index in [9.17, 15) is 0 Å². The van der Waals surface area contributed by atoms with Gasteiger partial charge in [-0.25, -0.2) is 0 Å². The zero-order valence-corrected chi connectivity index (χ0v) is 13.1. The third-order valence-corrected chi connectivity index (χ3v) is 3.68. The maximum absolute atomic E-state index is 5.98. The summed E-state index contributed by atoms with van der Waals surface area (Å²) in [7, 11) is 0. The highest BCUT2D eigenvalue weighted by Crippen LogP contribution is 2.30. The molecule has 1 fully saturated rings. The first kappa shape index (κ1) is 16.1. The van der Waals surface area contributed by atoms with Gasteiger partial charge in [-0.2, -0.15) is 0 Å². The molecule has 1 aliphatic rings. The molecule has 21 heavy (non-hydrogen) atoms.